The van der Waals surface area contributed by atoms with E-state index in [0.29, 0.717) is 17.9 Å². The number of fused-ring (bicyclic) bond motifs is 1. The van der Waals surface area contributed by atoms with E-state index in [-0.39, 0.29) is 19.1 Å². The second kappa shape index (κ2) is 15.2. The van der Waals surface area contributed by atoms with Crippen LogP contribution >= 0.6 is 21.0 Å². The van der Waals surface area contributed by atoms with Crippen molar-refractivity contribution in [3.63, 3.8) is 0 Å². The molecule has 2 atom stereocenters. The first-order chi connectivity index (χ1) is 17.5. The molecule has 0 aliphatic carbocycles. The van der Waals surface area contributed by atoms with Crippen molar-refractivity contribution in [1.29, 1.82) is 0 Å². The lowest BCUT2D eigenvalue weighted by atomic mass is 9.92. The number of carbonyl (C=O) groups is 1. The summed E-state index contributed by atoms with van der Waals surface area (Å²) in [4.78, 5) is 16.3. The van der Waals surface area contributed by atoms with E-state index < -0.39 is 5.97 Å². The SMILES string of the molecule is Cc1nc(CCCCS/C=C(\P)CC(CC(=O)O)c2ccc3c(c2)OCO3)ccc1CCCCCN. The number of allylic oxidation sites excluding steroid dienone is 1. The smallest absolute Gasteiger partial charge is 0.303 e. The molecular formula is C28H39N2O4PS. The van der Waals surface area contributed by atoms with Crippen LogP contribution in [0.1, 0.15) is 73.4 Å². The van der Waals surface area contributed by atoms with Gasteiger partial charge in [-0.1, -0.05) is 18.6 Å². The van der Waals surface area contributed by atoms with Crippen LogP contribution in [0.2, 0.25) is 0 Å². The molecule has 1 aliphatic heterocycles. The second-order valence-corrected chi connectivity index (χ2v) is 11.0. The number of unbranched alkanes of at least 4 members (excludes halogenated alkanes) is 3. The largest absolute Gasteiger partial charge is 0.481 e. The van der Waals surface area contributed by atoms with Crippen molar-refractivity contribution in [1.82, 2.24) is 4.98 Å². The lowest BCUT2D eigenvalue weighted by Crippen LogP contribution is -2.06. The van der Waals surface area contributed by atoms with Crippen LogP contribution < -0.4 is 15.2 Å². The van der Waals surface area contributed by atoms with Crippen LogP contribution in [-0.4, -0.2) is 35.2 Å². The number of pyridine rings is 1. The molecule has 3 N–H and O–H groups in total. The van der Waals surface area contributed by atoms with Crippen molar-refractivity contribution in [2.75, 3.05) is 19.1 Å². The molecule has 6 nitrogen and oxygen atoms in total. The minimum Gasteiger partial charge on any atom is -0.481 e. The van der Waals surface area contributed by atoms with Gasteiger partial charge in [0.25, 0.3) is 0 Å². The summed E-state index contributed by atoms with van der Waals surface area (Å²) < 4.78 is 10.8. The van der Waals surface area contributed by atoms with Gasteiger partial charge >= 0.3 is 5.97 Å². The number of nitrogens with zero attached hydrogens (tertiary/aromatic N) is 1. The zero-order valence-corrected chi connectivity index (χ0v) is 23.2. The maximum absolute atomic E-state index is 11.5. The lowest BCUT2D eigenvalue weighted by Gasteiger charge is -2.16. The predicted molar refractivity (Wildman–Crippen MR) is 151 cm³/mol. The molecule has 36 heavy (non-hydrogen) atoms. The van der Waals surface area contributed by atoms with Gasteiger partial charge in [-0.2, -0.15) is 0 Å². The molecule has 2 aromatic rings. The summed E-state index contributed by atoms with van der Waals surface area (Å²) in [6, 6.07) is 10.1. The maximum Gasteiger partial charge on any atom is 0.303 e. The number of hydrogen-bond acceptors (Lipinski definition) is 6. The van der Waals surface area contributed by atoms with Crippen LogP contribution in [0, 0.1) is 6.92 Å². The number of carboxylic acid groups (broad SMARTS) is 1. The number of aromatic nitrogens is 1. The third kappa shape index (κ3) is 9.42. The number of aryl methyl sites for hydroxylation is 3. The number of thioether (sulfide) groups is 1. The van der Waals surface area contributed by atoms with Crippen LogP contribution in [-0.2, 0) is 17.6 Å². The van der Waals surface area contributed by atoms with E-state index in [1.165, 1.54) is 24.1 Å². The second-order valence-electron chi connectivity index (χ2n) is 9.28. The van der Waals surface area contributed by atoms with Crippen LogP contribution in [0.4, 0.5) is 0 Å². The Morgan fingerprint density at radius 1 is 1.11 bits per heavy atom. The average molecular weight is 531 g/mol. The van der Waals surface area contributed by atoms with E-state index in [9.17, 15) is 9.90 Å². The minimum atomic E-state index is -0.799. The number of ether oxygens (including phenoxy) is 2. The number of benzene rings is 1. The van der Waals surface area contributed by atoms with Crippen molar-refractivity contribution in [2.45, 2.75) is 70.6 Å². The van der Waals surface area contributed by atoms with Gasteiger partial charge in [-0.15, -0.1) is 21.0 Å². The van der Waals surface area contributed by atoms with E-state index in [1.54, 1.807) is 11.8 Å². The number of aliphatic carboxylic acids is 1. The Kier molecular flexibility index (Phi) is 12.1. The Morgan fingerprint density at radius 2 is 1.92 bits per heavy atom. The molecule has 0 bridgehead atoms. The highest BCUT2D eigenvalue weighted by atomic mass is 32.2. The van der Waals surface area contributed by atoms with E-state index in [4.69, 9.17) is 20.2 Å². The predicted octanol–water partition coefficient (Wildman–Crippen LogP) is 6.21. The van der Waals surface area contributed by atoms with E-state index >= 15 is 0 Å². The van der Waals surface area contributed by atoms with Gasteiger partial charge in [-0.05, 0) is 110 Å². The first-order valence-electron chi connectivity index (χ1n) is 12.8. The standard InChI is InChI=1S/C28H39N2O4PS/c1-20-21(7-3-2-5-13-29)9-11-24(30-20)8-4-6-14-36-18-25(35)15-23(17-28(31)32)22-10-12-26-27(16-22)34-19-33-26/h9-12,16,18,23H,2-8,13-15,17,19,29,35H2,1H3,(H,31,32)/b25-18-. The van der Waals surface area contributed by atoms with Crippen LogP contribution in [0.15, 0.2) is 41.1 Å². The molecule has 1 aliphatic rings. The molecule has 0 fully saturated rings. The van der Waals surface area contributed by atoms with Crippen LogP contribution in [0.25, 0.3) is 0 Å². The molecule has 2 heterocycles. The summed E-state index contributed by atoms with van der Waals surface area (Å²) in [5.41, 5.74) is 10.2. The van der Waals surface area contributed by atoms with Crippen LogP contribution in [0.3, 0.4) is 0 Å². The Hall–Kier alpha value is -2.08. The molecule has 0 radical (unpaired) electrons. The Bertz CT molecular complexity index is 1030. The van der Waals surface area contributed by atoms with Gasteiger partial charge in [0.2, 0.25) is 6.79 Å². The van der Waals surface area contributed by atoms with Gasteiger partial charge in [0.1, 0.15) is 0 Å². The van der Waals surface area contributed by atoms with Crippen molar-refractivity contribution < 1.29 is 19.4 Å². The summed E-state index contributed by atoms with van der Waals surface area (Å²) in [6.07, 6.45) is 8.50. The third-order valence-corrected chi connectivity index (χ3v) is 7.99. The zero-order valence-electron chi connectivity index (χ0n) is 21.2. The highest BCUT2D eigenvalue weighted by Gasteiger charge is 2.20. The molecule has 196 valence electrons. The molecule has 1 aromatic heterocycles. The Morgan fingerprint density at radius 3 is 2.69 bits per heavy atom. The van der Waals surface area contributed by atoms with Gasteiger partial charge < -0.3 is 20.3 Å². The molecule has 1 aromatic carbocycles. The fourth-order valence-electron chi connectivity index (χ4n) is 4.36. The summed E-state index contributed by atoms with van der Waals surface area (Å²) >= 11 is 1.79. The quantitative estimate of drug-likeness (QED) is 0.197. The zero-order chi connectivity index (χ0) is 25.8. The summed E-state index contributed by atoms with van der Waals surface area (Å²) in [7, 11) is 2.78. The highest BCUT2D eigenvalue weighted by molar-refractivity contribution is 8.02. The summed E-state index contributed by atoms with van der Waals surface area (Å²) in [6.45, 7) is 3.10. The molecule has 0 amide bonds. The van der Waals surface area contributed by atoms with Crippen molar-refractivity contribution in [3.8, 4) is 11.5 Å². The number of hydrogen-bond donors (Lipinski definition) is 2. The Balaban J connectivity index is 1.40. The van der Waals surface area contributed by atoms with Crippen molar-refractivity contribution in [2.24, 2.45) is 5.73 Å². The number of nitrogens with two attached hydrogens (primary N) is 1. The Labute approximate surface area is 221 Å². The minimum absolute atomic E-state index is 0.0783. The topological polar surface area (TPSA) is 94.7 Å². The van der Waals surface area contributed by atoms with E-state index in [0.717, 1.165) is 61.0 Å². The van der Waals surface area contributed by atoms with Crippen molar-refractivity contribution in [3.05, 3.63) is 63.6 Å². The lowest BCUT2D eigenvalue weighted by molar-refractivity contribution is -0.137. The van der Waals surface area contributed by atoms with Crippen molar-refractivity contribution >= 4 is 27.0 Å². The summed E-state index contributed by atoms with van der Waals surface area (Å²) in [5, 5.41) is 12.7. The normalized spacial score (nSPS) is 13.7. The van der Waals surface area contributed by atoms with Gasteiger partial charge in [0.15, 0.2) is 11.5 Å². The first kappa shape index (κ1) is 28.5. The fourth-order valence-corrected chi connectivity index (χ4v) is 5.73. The third-order valence-electron chi connectivity index (χ3n) is 6.35. The molecule has 0 saturated heterocycles. The molecular weight excluding hydrogens is 491 g/mol. The number of rotatable bonds is 16. The van der Waals surface area contributed by atoms with Crippen LogP contribution in [0.5, 0.6) is 11.5 Å². The van der Waals surface area contributed by atoms with Gasteiger partial charge in [0, 0.05) is 11.4 Å². The molecule has 0 saturated carbocycles. The van der Waals surface area contributed by atoms with E-state index in [2.05, 4.69) is 33.7 Å². The van der Waals surface area contributed by atoms with Gasteiger partial charge in [-0.25, -0.2) is 0 Å². The van der Waals surface area contributed by atoms with Gasteiger partial charge in [-0.3, -0.25) is 9.78 Å². The fraction of sp³-hybridized carbons (Fsp3) is 0.500. The number of carboxylic acids is 1. The van der Waals surface area contributed by atoms with Gasteiger partial charge in [0.05, 0.1) is 6.42 Å². The summed E-state index contributed by atoms with van der Waals surface area (Å²) in [5.74, 6) is 1.52. The maximum atomic E-state index is 11.5. The highest BCUT2D eigenvalue weighted by Crippen LogP contribution is 2.38. The molecule has 2 unspecified atom stereocenters. The molecule has 3 rings (SSSR count). The first-order valence-corrected chi connectivity index (χ1v) is 14.4. The van der Waals surface area contributed by atoms with E-state index in [1.807, 2.05) is 18.2 Å². The average Bonchev–Trinajstić information content (AvgIpc) is 3.32. The monoisotopic (exact) mass is 530 g/mol. The molecule has 8 heteroatoms. The molecule has 0 spiro atoms.